The Hall–Kier alpha value is -2.04. The van der Waals surface area contributed by atoms with E-state index in [0.717, 1.165) is 10.9 Å². The molecule has 0 bridgehead atoms. The van der Waals surface area contributed by atoms with Crippen LogP contribution in [0.4, 0.5) is 11.5 Å². The Morgan fingerprint density at radius 2 is 1.85 bits per heavy atom. The van der Waals surface area contributed by atoms with Crippen LogP contribution in [0.3, 0.4) is 0 Å². The van der Waals surface area contributed by atoms with Crippen LogP contribution in [0.15, 0.2) is 48.8 Å². The lowest BCUT2D eigenvalue weighted by atomic mass is 10.2. The number of nitrogens with one attached hydrogen (secondary N) is 1. The summed E-state index contributed by atoms with van der Waals surface area (Å²) in [5, 5.41) is 14.3. The minimum atomic E-state index is 0. The molecule has 0 saturated carbocycles. The lowest BCUT2D eigenvalue weighted by Gasteiger charge is -2.09. The summed E-state index contributed by atoms with van der Waals surface area (Å²) >= 11 is 5.92. The molecule has 0 saturated heterocycles. The van der Waals surface area contributed by atoms with E-state index in [1.54, 1.807) is 12.1 Å². The normalized spacial score (nSPS) is 10.1. The third-order valence-electron chi connectivity index (χ3n) is 2.75. The molecule has 0 amide bonds. The van der Waals surface area contributed by atoms with Crippen LogP contribution >= 0.6 is 24.0 Å². The fourth-order valence-corrected chi connectivity index (χ4v) is 2.01. The maximum absolute atomic E-state index is 9.80. The van der Waals surface area contributed by atoms with Crippen molar-refractivity contribution in [3.63, 3.8) is 0 Å². The molecule has 0 unspecified atom stereocenters. The third kappa shape index (κ3) is 2.76. The number of rotatable bonds is 2. The van der Waals surface area contributed by atoms with E-state index < -0.39 is 0 Å². The van der Waals surface area contributed by atoms with Gasteiger partial charge in [0.2, 0.25) is 0 Å². The van der Waals surface area contributed by atoms with Crippen LogP contribution in [0, 0.1) is 0 Å². The van der Waals surface area contributed by atoms with Crippen LogP contribution in [0.2, 0.25) is 5.02 Å². The molecule has 0 aliphatic carbocycles. The first-order valence-corrected chi connectivity index (χ1v) is 6.07. The molecule has 0 spiro atoms. The van der Waals surface area contributed by atoms with Crippen molar-refractivity contribution < 1.29 is 5.11 Å². The van der Waals surface area contributed by atoms with Gasteiger partial charge in [-0.15, -0.1) is 12.4 Å². The van der Waals surface area contributed by atoms with Crippen LogP contribution in [-0.2, 0) is 0 Å². The quantitative estimate of drug-likeness (QED) is 0.698. The number of halogens is 2. The van der Waals surface area contributed by atoms with Gasteiger partial charge in [-0.1, -0.05) is 23.7 Å². The molecule has 0 aliphatic rings. The smallest absolute Gasteiger partial charge is 0.141 e. The van der Waals surface area contributed by atoms with E-state index in [0.29, 0.717) is 16.5 Å². The number of benzene rings is 2. The largest absolute Gasteiger partial charge is 0.506 e. The van der Waals surface area contributed by atoms with Gasteiger partial charge in [-0.2, -0.15) is 0 Å². The second-order valence-corrected chi connectivity index (χ2v) is 4.46. The van der Waals surface area contributed by atoms with Gasteiger partial charge in [-0.05, 0) is 30.3 Å². The first-order chi connectivity index (χ1) is 9.24. The predicted molar refractivity (Wildman–Crippen MR) is 83.2 cm³/mol. The minimum absolute atomic E-state index is 0. The van der Waals surface area contributed by atoms with Gasteiger partial charge in [-0.3, -0.25) is 0 Å². The SMILES string of the molecule is Cl.Oc1ccc(Cl)cc1Nc1ncnc2ccccc12. The maximum atomic E-state index is 9.80. The zero-order chi connectivity index (χ0) is 13.2. The van der Waals surface area contributed by atoms with Gasteiger partial charge in [0.15, 0.2) is 0 Å². The molecule has 6 heteroatoms. The Morgan fingerprint density at radius 3 is 2.70 bits per heavy atom. The van der Waals surface area contributed by atoms with Gasteiger partial charge >= 0.3 is 0 Å². The van der Waals surface area contributed by atoms with Crippen molar-refractivity contribution in [1.29, 1.82) is 0 Å². The molecule has 2 aromatic carbocycles. The highest BCUT2D eigenvalue weighted by Crippen LogP contribution is 2.30. The first-order valence-electron chi connectivity index (χ1n) is 5.69. The van der Waals surface area contributed by atoms with Crippen LogP contribution in [0.5, 0.6) is 5.75 Å². The van der Waals surface area contributed by atoms with E-state index in [4.69, 9.17) is 11.6 Å². The average Bonchev–Trinajstić information content (AvgIpc) is 2.43. The zero-order valence-corrected chi connectivity index (χ0v) is 11.8. The summed E-state index contributed by atoms with van der Waals surface area (Å²) in [4.78, 5) is 8.38. The third-order valence-corrected chi connectivity index (χ3v) is 2.99. The number of aromatic hydroxyl groups is 1. The second kappa shape index (κ2) is 5.94. The Bertz CT molecular complexity index is 744. The molecule has 2 N–H and O–H groups in total. The first kappa shape index (κ1) is 14.4. The highest BCUT2D eigenvalue weighted by atomic mass is 35.5. The van der Waals surface area contributed by atoms with Crippen molar-refractivity contribution in [2.75, 3.05) is 5.32 Å². The summed E-state index contributed by atoms with van der Waals surface area (Å²) in [5.41, 5.74) is 1.35. The number of nitrogens with zero attached hydrogens (tertiary/aromatic N) is 2. The van der Waals surface area contributed by atoms with Gasteiger partial charge in [0.25, 0.3) is 0 Å². The Kier molecular flexibility index (Phi) is 4.27. The molecule has 3 aromatic rings. The Balaban J connectivity index is 0.00000147. The molecule has 0 atom stereocenters. The summed E-state index contributed by atoms with van der Waals surface area (Å²) in [7, 11) is 0. The minimum Gasteiger partial charge on any atom is -0.506 e. The number of phenols is 1. The van der Waals surface area contributed by atoms with Gasteiger partial charge in [0.1, 0.15) is 17.9 Å². The maximum Gasteiger partial charge on any atom is 0.141 e. The van der Waals surface area contributed by atoms with E-state index in [-0.39, 0.29) is 18.2 Å². The number of fused-ring (bicyclic) bond motifs is 1. The van der Waals surface area contributed by atoms with Crippen molar-refractivity contribution in [2.24, 2.45) is 0 Å². The van der Waals surface area contributed by atoms with Crippen LogP contribution in [0.1, 0.15) is 0 Å². The van der Waals surface area contributed by atoms with E-state index in [1.807, 2.05) is 24.3 Å². The van der Waals surface area contributed by atoms with E-state index in [2.05, 4.69) is 15.3 Å². The Morgan fingerprint density at radius 1 is 1.05 bits per heavy atom. The number of phenolic OH excluding ortho intramolecular Hbond substituents is 1. The molecule has 3 rings (SSSR count). The fourth-order valence-electron chi connectivity index (χ4n) is 1.84. The second-order valence-electron chi connectivity index (χ2n) is 4.03. The van der Waals surface area contributed by atoms with Gasteiger partial charge in [-0.25, -0.2) is 9.97 Å². The Labute approximate surface area is 126 Å². The monoisotopic (exact) mass is 307 g/mol. The molecule has 1 heterocycles. The van der Waals surface area contributed by atoms with Crippen LogP contribution < -0.4 is 5.32 Å². The topological polar surface area (TPSA) is 58.0 Å². The lowest BCUT2D eigenvalue weighted by molar-refractivity contribution is 0.478. The summed E-state index contributed by atoms with van der Waals surface area (Å²) in [6, 6.07) is 12.5. The molecular weight excluding hydrogens is 297 g/mol. The van der Waals surface area contributed by atoms with Crippen molar-refractivity contribution in [3.8, 4) is 5.75 Å². The van der Waals surface area contributed by atoms with E-state index in [9.17, 15) is 5.11 Å². The van der Waals surface area contributed by atoms with E-state index in [1.165, 1.54) is 12.4 Å². The summed E-state index contributed by atoms with van der Waals surface area (Å²) < 4.78 is 0. The molecule has 0 radical (unpaired) electrons. The van der Waals surface area contributed by atoms with Crippen LogP contribution in [-0.4, -0.2) is 15.1 Å². The van der Waals surface area contributed by atoms with Crippen molar-refractivity contribution >= 4 is 46.4 Å². The summed E-state index contributed by atoms with van der Waals surface area (Å²) in [6.45, 7) is 0. The number of hydrogen-bond donors (Lipinski definition) is 2. The molecule has 0 fully saturated rings. The highest BCUT2D eigenvalue weighted by Gasteiger charge is 2.06. The fraction of sp³-hybridized carbons (Fsp3) is 0. The van der Waals surface area contributed by atoms with Gasteiger partial charge < -0.3 is 10.4 Å². The number of aromatic nitrogens is 2. The van der Waals surface area contributed by atoms with Gasteiger partial charge in [0, 0.05) is 10.4 Å². The number of para-hydroxylation sites is 1. The molecule has 20 heavy (non-hydrogen) atoms. The molecule has 4 nitrogen and oxygen atoms in total. The molecule has 102 valence electrons. The van der Waals surface area contributed by atoms with Crippen molar-refractivity contribution in [2.45, 2.75) is 0 Å². The predicted octanol–water partition coefficient (Wildman–Crippen LogP) is 4.15. The van der Waals surface area contributed by atoms with Gasteiger partial charge in [0.05, 0.1) is 11.2 Å². The molecular formula is C14H11Cl2N3O. The number of hydrogen-bond acceptors (Lipinski definition) is 4. The lowest BCUT2D eigenvalue weighted by Crippen LogP contribution is -1.96. The molecule has 1 aromatic heterocycles. The average molecular weight is 308 g/mol. The summed E-state index contributed by atoms with van der Waals surface area (Å²) in [5.74, 6) is 0.746. The summed E-state index contributed by atoms with van der Waals surface area (Å²) in [6.07, 6.45) is 1.48. The highest BCUT2D eigenvalue weighted by molar-refractivity contribution is 6.31. The van der Waals surface area contributed by atoms with E-state index >= 15 is 0 Å². The standard InChI is InChI=1S/C14H10ClN3O.ClH/c15-9-5-6-13(19)12(7-9)18-14-10-3-1-2-4-11(10)16-8-17-14;/h1-8,19H,(H,16,17,18);1H. The molecule has 0 aliphatic heterocycles. The van der Waals surface area contributed by atoms with Crippen molar-refractivity contribution in [3.05, 3.63) is 53.8 Å². The zero-order valence-electron chi connectivity index (χ0n) is 10.2. The van der Waals surface area contributed by atoms with Crippen LogP contribution in [0.25, 0.3) is 10.9 Å². The van der Waals surface area contributed by atoms with Crippen molar-refractivity contribution in [1.82, 2.24) is 9.97 Å². The number of anilines is 2.